The van der Waals surface area contributed by atoms with Crippen LogP contribution in [-0.4, -0.2) is 29.9 Å². The molecule has 1 N–H and O–H groups in total. The molecule has 2 aromatic carbocycles. The summed E-state index contributed by atoms with van der Waals surface area (Å²) in [5.41, 5.74) is 2.47. The average Bonchev–Trinajstić information content (AvgIpc) is 2.82. The lowest BCUT2D eigenvalue weighted by molar-refractivity contribution is -0.129. The highest BCUT2D eigenvalue weighted by Gasteiger charge is 2.18. The lowest BCUT2D eigenvalue weighted by atomic mass is 10.1. The topological polar surface area (TPSA) is 58.6 Å². The minimum atomic E-state index is -0.139. The van der Waals surface area contributed by atoms with E-state index in [1.165, 1.54) is 0 Å². The second-order valence-corrected chi connectivity index (χ2v) is 5.78. The molecule has 124 valence electrons. The van der Waals surface area contributed by atoms with Crippen molar-refractivity contribution in [2.45, 2.75) is 20.0 Å². The van der Waals surface area contributed by atoms with Gasteiger partial charge in [0.15, 0.2) is 0 Å². The van der Waals surface area contributed by atoms with Gasteiger partial charge in [-0.1, -0.05) is 30.3 Å². The number of rotatable bonds is 3. The smallest absolute Gasteiger partial charge is 0.251 e. The van der Waals surface area contributed by atoms with Crippen molar-refractivity contribution in [3.8, 4) is 5.75 Å². The summed E-state index contributed by atoms with van der Waals surface area (Å²) < 4.78 is 5.67. The molecule has 0 spiro atoms. The molecule has 2 amide bonds. The highest BCUT2D eigenvalue weighted by atomic mass is 16.5. The Morgan fingerprint density at radius 3 is 2.71 bits per heavy atom. The lowest BCUT2D eigenvalue weighted by Gasteiger charge is -2.17. The SMILES string of the molecule is CC(=O)N1CCOc2ccc(C(=O)NCc3ccccc3)cc2C1. The largest absolute Gasteiger partial charge is 0.491 e. The van der Waals surface area contributed by atoms with E-state index in [9.17, 15) is 9.59 Å². The van der Waals surface area contributed by atoms with Crippen LogP contribution in [-0.2, 0) is 17.9 Å². The molecule has 1 heterocycles. The normalized spacial score (nSPS) is 13.5. The molecule has 5 heteroatoms. The van der Waals surface area contributed by atoms with Crippen molar-refractivity contribution < 1.29 is 14.3 Å². The molecule has 5 nitrogen and oxygen atoms in total. The maximum atomic E-state index is 12.4. The predicted octanol–water partition coefficient (Wildman–Crippen LogP) is 2.36. The Balaban J connectivity index is 1.72. The third-order valence-corrected chi connectivity index (χ3v) is 4.04. The number of nitrogens with zero attached hydrogens (tertiary/aromatic N) is 1. The fourth-order valence-electron chi connectivity index (χ4n) is 2.68. The van der Waals surface area contributed by atoms with Crippen molar-refractivity contribution in [1.29, 1.82) is 0 Å². The number of amides is 2. The molecule has 24 heavy (non-hydrogen) atoms. The van der Waals surface area contributed by atoms with Crippen LogP contribution >= 0.6 is 0 Å². The molecule has 2 aromatic rings. The van der Waals surface area contributed by atoms with Crippen molar-refractivity contribution >= 4 is 11.8 Å². The second-order valence-electron chi connectivity index (χ2n) is 5.78. The first-order chi connectivity index (χ1) is 11.6. The number of benzene rings is 2. The van der Waals surface area contributed by atoms with Gasteiger partial charge < -0.3 is 15.0 Å². The van der Waals surface area contributed by atoms with E-state index >= 15 is 0 Å². The van der Waals surface area contributed by atoms with Gasteiger partial charge in [-0.05, 0) is 23.8 Å². The van der Waals surface area contributed by atoms with Gasteiger partial charge in [0, 0.05) is 31.1 Å². The van der Waals surface area contributed by atoms with Gasteiger partial charge in [0.1, 0.15) is 12.4 Å². The minimum Gasteiger partial charge on any atom is -0.491 e. The first-order valence-corrected chi connectivity index (χ1v) is 7.97. The number of ether oxygens (including phenoxy) is 1. The summed E-state index contributed by atoms with van der Waals surface area (Å²) in [5.74, 6) is 0.601. The van der Waals surface area contributed by atoms with Gasteiger partial charge in [-0.15, -0.1) is 0 Å². The van der Waals surface area contributed by atoms with Gasteiger partial charge in [-0.2, -0.15) is 0 Å². The summed E-state index contributed by atoms with van der Waals surface area (Å²) in [4.78, 5) is 25.7. The van der Waals surface area contributed by atoms with E-state index in [-0.39, 0.29) is 11.8 Å². The molecular weight excluding hydrogens is 304 g/mol. The highest BCUT2D eigenvalue weighted by Crippen LogP contribution is 2.24. The first kappa shape index (κ1) is 16.1. The van der Waals surface area contributed by atoms with Crippen LogP contribution in [0.1, 0.15) is 28.4 Å². The van der Waals surface area contributed by atoms with E-state index in [0.29, 0.717) is 31.8 Å². The summed E-state index contributed by atoms with van der Waals surface area (Å²) in [6.45, 7) is 3.50. The number of carbonyl (C=O) groups excluding carboxylic acids is 2. The lowest BCUT2D eigenvalue weighted by Crippen LogP contribution is -2.30. The van der Waals surface area contributed by atoms with E-state index in [4.69, 9.17) is 4.74 Å². The molecule has 0 saturated heterocycles. The monoisotopic (exact) mass is 324 g/mol. The molecule has 0 atom stereocenters. The van der Waals surface area contributed by atoms with Gasteiger partial charge in [0.2, 0.25) is 5.91 Å². The van der Waals surface area contributed by atoms with E-state index in [1.807, 2.05) is 30.3 Å². The van der Waals surface area contributed by atoms with Crippen LogP contribution in [0.25, 0.3) is 0 Å². The maximum Gasteiger partial charge on any atom is 0.251 e. The van der Waals surface area contributed by atoms with Gasteiger partial charge in [-0.25, -0.2) is 0 Å². The van der Waals surface area contributed by atoms with E-state index in [1.54, 1.807) is 30.0 Å². The van der Waals surface area contributed by atoms with Crippen LogP contribution in [0.15, 0.2) is 48.5 Å². The van der Waals surface area contributed by atoms with Crippen molar-refractivity contribution in [2.75, 3.05) is 13.2 Å². The van der Waals surface area contributed by atoms with Crippen LogP contribution < -0.4 is 10.1 Å². The summed E-state index contributed by atoms with van der Waals surface area (Å²) >= 11 is 0. The number of hydrogen-bond acceptors (Lipinski definition) is 3. The molecule has 0 aromatic heterocycles. The first-order valence-electron chi connectivity index (χ1n) is 7.97. The number of fused-ring (bicyclic) bond motifs is 1. The Hall–Kier alpha value is -2.82. The number of carbonyl (C=O) groups is 2. The van der Waals surface area contributed by atoms with Gasteiger partial charge in [0.05, 0.1) is 6.54 Å². The molecule has 1 aliphatic rings. The Kier molecular flexibility index (Phi) is 4.79. The highest BCUT2D eigenvalue weighted by molar-refractivity contribution is 5.94. The molecule has 0 unspecified atom stereocenters. The maximum absolute atomic E-state index is 12.4. The Bertz CT molecular complexity index is 744. The van der Waals surface area contributed by atoms with Gasteiger partial charge in [0.25, 0.3) is 5.91 Å². The average molecular weight is 324 g/mol. The minimum absolute atomic E-state index is 0.00498. The molecule has 0 fully saturated rings. The molecule has 1 aliphatic heterocycles. The van der Waals surface area contributed by atoms with Gasteiger partial charge in [-0.3, -0.25) is 9.59 Å². The number of nitrogens with one attached hydrogen (secondary N) is 1. The van der Waals surface area contributed by atoms with E-state index in [0.717, 1.165) is 16.9 Å². The van der Waals surface area contributed by atoms with Crippen molar-refractivity contribution in [3.05, 3.63) is 65.2 Å². The molecular formula is C19H20N2O3. The molecule has 0 aliphatic carbocycles. The van der Waals surface area contributed by atoms with Crippen molar-refractivity contribution in [3.63, 3.8) is 0 Å². The zero-order valence-corrected chi connectivity index (χ0v) is 13.6. The van der Waals surface area contributed by atoms with Crippen LogP contribution in [0.5, 0.6) is 5.75 Å². The third-order valence-electron chi connectivity index (χ3n) is 4.04. The Morgan fingerprint density at radius 1 is 1.17 bits per heavy atom. The zero-order chi connectivity index (χ0) is 16.9. The van der Waals surface area contributed by atoms with E-state index in [2.05, 4.69) is 5.32 Å². The molecule has 0 saturated carbocycles. The quantitative estimate of drug-likeness (QED) is 0.943. The Morgan fingerprint density at radius 2 is 1.96 bits per heavy atom. The summed E-state index contributed by atoms with van der Waals surface area (Å²) in [7, 11) is 0. The second kappa shape index (κ2) is 7.17. The fraction of sp³-hybridized carbons (Fsp3) is 0.263. The van der Waals surface area contributed by atoms with Crippen molar-refractivity contribution in [2.24, 2.45) is 0 Å². The third kappa shape index (κ3) is 3.74. The summed E-state index contributed by atoms with van der Waals surface area (Å²) in [6.07, 6.45) is 0. The number of hydrogen-bond donors (Lipinski definition) is 1. The summed E-state index contributed by atoms with van der Waals surface area (Å²) in [5, 5.41) is 2.91. The molecule has 0 radical (unpaired) electrons. The Labute approximate surface area is 141 Å². The molecule has 0 bridgehead atoms. The predicted molar refractivity (Wildman–Crippen MR) is 90.6 cm³/mol. The van der Waals surface area contributed by atoms with Gasteiger partial charge >= 0.3 is 0 Å². The fourth-order valence-corrected chi connectivity index (χ4v) is 2.68. The van der Waals surface area contributed by atoms with Crippen molar-refractivity contribution in [1.82, 2.24) is 10.2 Å². The van der Waals surface area contributed by atoms with Crippen LogP contribution in [0, 0.1) is 0 Å². The van der Waals surface area contributed by atoms with Crippen LogP contribution in [0.4, 0.5) is 0 Å². The molecule has 3 rings (SSSR count). The van der Waals surface area contributed by atoms with Crippen LogP contribution in [0.3, 0.4) is 0 Å². The van der Waals surface area contributed by atoms with E-state index < -0.39 is 0 Å². The zero-order valence-electron chi connectivity index (χ0n) is 13.6. The van der Waals surface area contributed by atoms with Crippen LogP contribution in [0.2, 0.25) is 0 Å². The standard InChI is InChI=1S/C19H20N2O3/c1-14(22)21-9-10-24-18-8-7-16(11-17(18)13-21)19(23)20-12-15-5-3-2-4-6-15/h2-8,11H,9-10,12-13H2,1H3,(H,20,23). The summed E-state index contributed by atoms with van der Waals surface area (Å²) in [6, 6.07) is 15.1.